The largest absolute Gasteiger partial charge is 0.497 e. The molecule has 0 bridgehead atoms. The molecule has 1 amide bonds. The molecular formula is C26H26N4O4S. The Morgan fingerprint density at radius 3 is 2.60 bits per heavy atom. The average molecular weight is 491 g/mol. The van der Waals surface area contributed by atoms with E-state index < -0.39 is 6.04 Å². The zero-order valence-corrected chi connectivity index (χ0v) is 20.5. The van der Waals surface area contributed by atoms with Crippen LogP contribution in [0.2, 0.25) is 0 Å². The lowest BCUT2D eigenvalue weighted by atomic mass is 9.94. The number of aromatic nitrogens is 1. The number of hydrogen-bond acceptors (Lipinski definition) is 5. The molecule has 180 valence electrons. The molecule has 9 heteroatoms. The van der Waals surface area contributed by atoms with E-state index in [1.165, 1.54) is 7.11 Å². The van der Waals surface area contributed by atoms with E-state index in [9.17, 15) is 9.59 Å². The van der Waals surface area contributed by atoms with E-state index in [0.29, 0.717) is 33.4 Å². The summed E-state index contributed by atoms with van der Waals surface area (Å²) in [5.41, 5.74) is 2.50. The number of carbonyl (C=O) groups is 1. The minimum Gasteiger partial charge on any atom is -0.497 e. The normalized spacial score (nSPS) is 17.9. The van der Waals surface area contributed by atoms with Gasteiger partial charge in [0.2, 0.25) is 0 Å². The molecule has 0 spiro atoms. The van der Waals surface area contributed by atoms with E-state index in [4.69, 9.17) is 21.7 Å². The third-order valence-corrected chi connectivity index (χ3v) is 6.75. The molecule has 35 heavy (non-hydrogen) atoms. The average Bonchev–Trinajstić information content (AvgIpc) is 3.68. The second-order valence-corrected chi connectivity index (χ2v) is 9.03. The van der Waals surface area contributed by atoms with Gasteiger partial charge in [0.1, 0.15) is 11.5 Å². The van der Waals surface area contributed by atoms with Crippen molar-refractivity contribution < 1.29 is 14.3 Å². The number of aromatic amines is 1. The number of para-hydroxylation sites is 1. The molecule has 1 fully saturated rings. The first-order valence-electron chi connectivity index (χ1n) is 11.4. The number of rotatable bonds is 6. The monoisotopic (exact) mass is 490 g/mol. The fourth-order valence-electron chi connectivity index (χ4n) is 4.54. The maximum Gasteiger partial charge on any atom is 0.255 e. The molecule has 1 aliphatic carbocycles. The highest BCUT2D eigenvalue weighted by molar-refractivity contribution is 7.80. The topological polar surface area (TPSA) is 95.7 Å². The summed E-state index contributed by atoms with van der Waals surface area (Å²) in [5.74, 6) is 0.722. The summed E-state index contributed by atoms with van der Waals surface area (Å²) in [6.07, 6.45) is 2.00. The molecule has 1 unspecified atom stereocenters. The predicted molar refractivity (Wildman–Crippen MR) is 139 cm³/mol. The van der Waals surface area contributed by atoms with Crippen LogP contribution in [-0.2, 0) is 4.79 Å². The molecule has 2 heterocycles. The van der Waals surface area contributed by atoms with Gasteiger partial charge in [-0.3, -0.25) is 9.59 Å². The van der Waals surface area contributed by atoms with Crippen LogP contribution in [0.5, 0.6) is 11.5 Å². The highest BCUT2D eigenvalue weighted by Gasteiger charge is 2.41. The standard InChI is InChI=1S/C26H26N4O4S/c1-14-22(25(32)28-20-13-17(33-2)10-11-21(20)34-3)23(29-26(35)30(14)16-8-9-16)18-12-15-6-4-5-7-19(15)27-24(18)31/h4-7,10-13,16,23H,8-9H2,1-3H3,(H,27,31)(H,28,32)(H,29,35). The summed E-state index contributed by atoms with van der Waals surface area (Å²) in [6, 6.07) is 14.1. The first kappa shape index (κ1) is 22.9. The number of methoxy groups -OCH3 is 2. The Bertz CT molecular complexity index is 1430. The number of benzene rings is 2. The highest BCUT2D eigenvalue weighted by atomic mass is 32.1. The summed E-state index contributed by atoms with van der Waals surface area (Å²) in [6.45, 7) is 1.88. The van der Waals surface area contributed by atoms with Gasteiger partial charge >= 0.3 is 0 Å². The molecule has 1 aliphatic heterocycles. The van der Waals surface area contributed by atoms with Crippen molar-refractivity contribution in [2.45, 2.75) is 31.8 Å². The molecule has 1 aromatic heterocycles. The van der Waals surface area contributed by atoms with Crippen molar-refractivity contribution in [1.29, 1.82) is 0 Å². The number of nitrogens with one attached hydrogen (secondary N) is 3. The SMILES string of the molecule is COc1ccc(OC)c(NC(=O)C2=C(C)N(C3CC3)C(=S)NC2c2cc3ccccc3[nH]c2=O)c1. The lowest BCUT2D eigenvalue weighted by molar-refractivity contribution is -0.113. The van der Waals surface area contributed by atoms with Crippen LogP contribution >= 0.6 is 12.2 Å². The van der Waals surface area contributed by atoms with E-state index >= 15 is 0 Å². The Labute approximate surface area is 207 Å². The van der Waals surface area contributed by atoms with Crippen molar-refractivity contribution >= 4 is 39.8 Å². The second-order valence-electron chi connectivity index (χ2n) is 8.64. The third kappa shape index (κ3) is 4.23. The number of anilines is 1. The van der Waals surface area contributed by atoms with Crippen LogP contribution in [0.3, 0.4) is 0 Å². The Morgan fingerprint density at radius 2 is 1.89 bits per heavy atom. The van der Waals surface area contributed by atoms with Crippen molar-refractivity contribution in [2.75, 3.05) is 19.5 Å². The van der Waals surface area contributed by atoms with Crippen molar-refractivity contribution in [3.63, 3.8) is 0 Å². The lowest BCUT2D eigenvalue weighted by Crippen LogP contribution is -2.50. The number of thiocarbonyl (C=S) groups is 1. The maximum absolute atomic E-state index is 13.8. The molecule has 5 rings (SSSR count). The van der Waals surface area contributed by atoms with Crippen LogP contribution in [0.1, 0.15) is 31.4 Å². The van der Waals surface area contributed by atoms with Gasteiger partial charge in [-0.2, -0.15) is 0 Å². The van der Waals surface area contributed by atoms with Gasteiger partial charge in [-0.25, -0.2) is 0 Å². The van der Waals surface area contributed by atoms with E-state index in [1.54, 1.807) is 25.3 Å². The Kier molecular flexibility index (Phi) is 5.94. The second kappa shape index (κ2) is 9.07. The Hall–Kier alpha value is -3.85. The summed E-state index contributed by atoms with van der Waals surface area (Å²) in [5, 5.41) is 7.61. The van der Waals surface area contributed by atoms with Gasteiger partial charge < -0.3 is 30.0 Å². The summed E-state index contributed by atoms with van der Waals surface area (Å²) < 4.78 is 10.8. The van der Waals surface area contributed by atoms with Crippen molar-refractivity contribution in [1.82, 2.24) is 15.2 Å². The molecule has 0 saturated heterocycles. The fraction of sp³-hybridized carbons (Fsp3) is 0.269. The van der Waals surface area contributed by atoms with Crippen LogP contribution < -0.4 is 25.7 Å². The molecule has 8 nitrogen and oxygen atoms in total. The summed E-state index contributed by atoms with van der Waals surface area (Å²) >= 11 is 5.68. The van der Waals surface area contributed by atoms with Gasteiger partial charge in [0.25, 0.3) is 11.5 Å². The number of amides is 1. The van der Waals surface area contributed by atoms with E-state index in [1.807, 2.05) is 42.2 Å². The van der Waals surface area contributed by atoms with Gasteiger partial charge in [-0.05, 0) is 61.6 Å². The molecule has 2 aromatic carbocycles. The van der Waals surface area contributed by atoms with Crippen molar-refractivity contribution in [3.05, 3.63) is 75.7 Å². The van der Waals surface area contributed by atoms with E-state index in [0.717, 1.165) is 29.4 Å². The molecule has 3 N–H and O–H groups in total. The summed E-state index contributed by atoms with van der Waals surface area (Å²) in [7, 11) is 3.09. The minimum atomic E-state index is -0.720. The van der Waals surface area contributed by atoms with Gasteiger partial charge in [0, 0.05) is 28.9 Å². The smallest absolute Gasteiger partial charge is 0.255 e. The van der Waals surface area contributed by atoms with Crippen LogP contribution in [0, 0.1) is 0 Å². The third-order valence-electron chi connectivity index (χ3n) is 6.43. The number of hydrogen-bond donors (Lipinski definition) is 3. The number of nitrogens with zero attached hydrogens (tertiary/aromatic N) is 1. The van der Waals surface area contributed by atoms with Gasteiger partial charge in [0.05, 0.1) is 31.5 Å². The maximum atomic E-state index is 13.8. The quantitative estimate of drug-likeness (QED) is 0.452. The molecule has 0 radical (unpaired) electrons. The van der Waals surface area contributed by atoms with Crippen LogP contribution in [0.15, 0.2) is 64.6 Å². The van der Waals surface area contributed by atoms with Crippen LogP contribution in [-0.4, -0.2) is 41.2 Å². The number of carbonyl (C=O) groups excluding carboxylic acids is 1. The van der Waals surface area contributed by atoms with Crippen LogP contribution in [0.4, 0.5) is 5.69 Å². The van der Waals surface area contributed by atoms with Gasteiger partial charge in [-0.15, -0.1) is 0 Å². The number of pyridine rings is 1. The Morgan fingerprint density at radius 1 is 1.11 bits per heavy atom. The molecule has 1 atom stereocenters. The first-order chi connectivity index (χ1) is 16.9. The van der Waals surface area contributed by atoms with Crippen molar-refractivity contribution in [2.24, 2.45) is 0 Å². The number of fused-ring (bicyclic) bond motifs is 1. The number of H-pyrrole nitrogens is 1. The van der Waals surface area contributed by atoms with Gasteiger partial charge in [0.15, 0.2) is 5.11 Å². The lowest BCUT2D eigenvalue weighted by Gasteiger charge is -2.38. The number of allylic oxidation sites excluding steroid dienone is 1. The molecular weight excluding hydrogens is 464 g/mol. The fourth-order valence-corrected chi connectivity index (χ4v) is 4.94. The minimum absolute atomic E-state index is 0.250. The summed E-state index contributed by atoms with van der Waals surface area (Å²) in [4.78, 5) is 31.9. The Balaban J connectivity index is 1.61. The molecule has 2 aliphatic rings. The van der Waals surface area contributed by atoms with E-state index in [2.05, 4.69) is 15.6 Å². The van der Waals surface area contributed by atoms with Crippen LogP contribution in [0.25, 0.3) is 10.9 Å². The highest BCUT2D eigenvalue weighted by Crippen LogP contribution is 2.38. The first-order valence-corrected chi connectivity index (χ1v) is 11.8. The van der Waals surface area contributed by atoms with E-state index in [-0.39, 0.29) is 17.5 Å². The number of ether oxygens (including phenoxy) is 2. The predicted octanol–water partition coefficient (Wildman–Crippen LogP) is 3.85. The molecule has 1 saturated carbocycles. The molecule has 3 aromatic rings. The zero-order valence-electron chi connectivity index (χ0n) is 19.7. The zero-order chi connectivity index (χ0) is 24.7. The van der Waals surface area contributed by atoms with Crippen molar-refractivity contribution in [3.8, 4) is 11.5 Å². The van der Waals surface area contributed by atoms with Gasteiger partial charge in [-0.1, -0.05) is 18.2 Å².